The van der Waals surface area contributed by atoms with Crippen molar-refractivity contribution in [3.63, 3.8) is 0 Å². The summed E-state index contributed by atoms with van der Waals surface area (Å²) in [6.45, 7) is 1.62. The van der Waals surface area contributed by atoms with E-state index in [-0.39, 0.29) is 23.7 Å². The summed E-state index contributed by atoms with van der Waals surface area (Å²) in [5.41, 5.74) is -0.168. The summed E-state index contributed by atoms with van der Waals surface area (Å²) in [7, 11) is 1.12. The highest BCUT2D eigenvalue weighted by atomic mass is 35.5. The molecule has 0 spiro atoms. The number of alkyl halides is 4. The van der Waals surface area contributed by atoms with Crippen molar-refractivity contribution in [1.82, 2.24) is 4.98 Å². The van der Waals surface area contributed by atoms with E-state index in [0.717, 1.165) is 13.2 Å². The lowest BCUT2D eigenvalue weighted by Gasteiger charge is -2.14. The van der Waals surface area contributed by atoms with Gasteiger partial charge in [-0.3, -0.25) is 0 Å². The Labute approximate surface area is 117 Å². The van der Waals surface area contributed by atoms with Crippen LogP contribution in [0.2, 0.25) is 0 Å². The molecule has 0 aliphatic carbocycles. The van der Waals surface area contributed by atoms with Gasteiger partial charge < -0.3 is 14.2 Å². The van der Waals surface area contributed by atoms with Crippen molar-refractivity contribution in [2.75, 3.05) is 13.7 Å². The van der Waals surface area contributed by atoms with Crippen molar-refractivity contribution in [1.29, 1.82) is 0 Å². The minimum absolute atomic E-state index is 0.0384. The van der Waals surface area contributed by atoms with E-state index in [1.165, 1.54) is 0 Å². The second kappa shape index (κ2) is 6.65. The topological polar surface area (TPSA) is 57.7 Å². The van der Waals surface area contributed by atoms with E-state index in [9.17, 15) is 18.0 Å². The molecule has 0 fully saturated rings. The molecule has 0 aliphatic heterocycles. The Morgan fingerprint density at radius 1 is 1.45 bits per heavy atom. The number of aromatic nitrogens is 1. The molecule has 0 N–H and O–H groups in total. The lowest BCUT2D eigenvalue weighted by molar-refractivity contribution is -0.275. The smallest absolute Gasteiger partial charge is 0.478 e. The molecule has 0 radical (unpaired) electrons. The highest BCUT2D eigenvalue weighted by molar-refractivity contribution is 6.17. The molecule has 112 valence electrons. The van der Waals surface area contributed by atoms with E-state index < -0.39 is 24.0 Å². The Morgan fingerprint density at radius 3 is 2.55 bits per heavy atom. The molecule has 0 saturated carbocycles. The third-order valence-corrected chi connectivity index (χ3v) is 2.33. The number of methoxy groups -OCH3 is 1. The van der Waals surface area contributed by atoms with Crippen LogP contribution in [0.5, 0.6) is 11.6 Å². The van der Waals surface area contributed by atoms with E-state index >= 15 is 0 Å². The number of pyridine rings is 1. The summed E-state index contributed by atoms with van der Waals surface area (Å²) in [5, 5.41) is 0. The maximum atomic E-state index is 12.3. The molecular formula is C11H11ClF3NO4. The molecular weight excluding hydrogens is 303 g/mol. The van der Waals surface area contributed by atoms with Gasteiger partial charge in [0.2, 0.25) is 0 Å². The van der Waals surface area contributed by atoms with Crippen molar-refractivity contribution in [3.05, 3.63) is 17.3 Å². The normalized spacial score (nSPS) is 11.1. The van der Waals surface area contributed by atoms with Crippen molar-refractivity contribution < 1.29 is 32.2 Å². The molecule has 0 bridgehead atoms. The van der Waals surface area contributed by atoms with Crippen LogP contribution in [0, 0.1) is 0 Å². The number of hydrogen-bond donors (Lipinski definition) is 0. The van der Waals surface area contributed by atoms with E-state index in [2.05, 4.69) is 14.5 Å². The summed E-state index contributed by atoms with van der Waals surface area (Å²) in [6, 6.07) is 0.842. The Morgan fingerprint density at radius 2 is 2.10 bits per heavy atom. The third-order valence-electron chi connectivity index (χ3n) is 2.07. The number of carbonyl (C=O) groups is 1. The van der Waals surface area contributed by atoms with E-state index in [1.54, 1.807) is 6.92 Å². The van der Waals surface area contributed by atoms with E-state index in [4.69, 9.17) is 16.3 Å². The molecule has 0 aromatic carbocycles. The van der Waals surface area contributed by atoms with Crippen molar-refractivity contribution in [3.8, 4) is 11.6 Å². The highest BCUT2D eigenvalue weighted by Gasteiger charge is 2.34. The van der Waals surface area contributed by atoms with Crippen LogP contribution in [0.15, 0.2) is 6.07 Å². The zero-order valence-electron chi connectivity index (χ0n) is 10.6. The van der Waals surface area contributed by atoms with Gasteiger partial charge in [-0.1, -0.05) is 0 Å². The van der Waals surface area contributed by atoms with Gasteiger partial charge in [0.05, 0.1) is 30.9 Å². The first kappa shape index (κ1) is 16.4. The van der Waals surface area contributed by atoms with Crippen LogP contribution in [-0.2, 0) is 10.6 Å². The van der Waals surface area contributed by atoms with Crippen LogP contribution >= 0.6 is 11.6 Å². The van der Waals surface area contributed by atoms with Crippen LogP contribution in [0.25, 0.3) is 0 Å². The first-order chi connectivity index (χ1) is 9.32. The highest BCUT2D eigenvalue weighted by Crippen LogP contribution is 2.33. The van der Waals surface area contributed by atoms with Gasteiger partial charge in [-0.2, -0.15) is 0 Å². The number of nitrogens with zero attached hydrogens (tertiary/aromatic N) is 1. The van der Waals surface area contributed by atoms with Gasteiger partial charge in [-0.25, -0.2) is 9.78 Å². The van der Waals surface area contributed by atoms with Crippen LogP contribution < -0.4 is 9.47 Å². The van der Waals surface area contributed by atoms with E-state index in [0.29, 0.717) is 0 Å². The van der Waals surface area contributed by atoms with Gasteiger partial charge in [-0.15, -0.1) is 24.8 Å². The molecule has 9 heteroatoms. The van der Waals surface area contributed by atoms with Gasteiger partial charge in [0, 0.05) is 6.07 Å². The molecule has 0 atom stereocenters. The standard InChI is InChI=1S/C11H11ClF3NO4/c1-3-19-10(17)6-4-8(20-11(13,14)15)9(18-2)16-7(6)5-12/h4H,3,5H2,1-2H3. The first-order valence-corrected chi connectivity index (χ1v) is 5.92. The number of esters is 1. The molecule has 1 heterocycles. The molecule has 1 aromatic heterocycles. The molecule has 20 heavy (non-hydrogen) atoms. The van der Waals surface area contributed by atoms with E-state index in [1.807, 2.05) is 0 Å². The van der Waals surface area contributed by atoms with Crippen molar-refractivity contribution in [2.24, 2.45) is 0 Å². The average Bonchev–Trinajstić information content (AvgIpc) is 2.36. The maximum absolute atomic E-state index is 12.3. The summed E-state index contributed by atoms with van der Waals surface area (Å²) in [6.07, 6.45) is -4.94. The Kier molecular flexibility index (Phi) is 5.43. The second-order valence-corrected chi connectivity index (χ2v) is 3.66. The first-order valence-electron chi connectivity index (χ1n) is 5.39. The monoisotopic (exact) mass is 313 g/mol. The van der Waals surface area contributed by atoms with Gasteiger partial charge >= 0.3 is 12.3 Å². The lowest BCUT2D eigenvalue weighted by atomic mass is 10.2. The fourth-order valence-electron chi connectivity index (χ4n) is 1.35. The minimum atomic E-state index is -4.94. The molecule has 1 aromatic rings. The summed E-state index contributed by atoms with van der Waals surface area (Å²) in [4.78, 5) is 15.4. The zero-order valence-corrected chi connectivity index (χ0v) is 11.3. The fourth-order valence-corrected chi connectivity index (χ4v) is 1.55. The van der Waals surface area contributed by atoms with Crippen molar-refractivity contribution in [2.45, 2.75) is 19.2 Å². The van der Waals surface area contributed by atoms with Crippen LogP contribution in [-0.4, -0.2) is 31.0 Å². The van der Waals surface area contributed by atoms with Gasteiger partial charge in [0.1, 0.15) is 0 Å². The molecule has 0 aliphatic rings. The number of ether oxygens (including phenoxy) is 3. The minimum Gasteiger partial charge on any atom is -0.478 e. The Bertz CT molecular complexity index is 493. The van der Waals surface area contributed by atoms with Crippen LogP contribution in [0.1, 0.15) is 23.0 Å². The summed E-state index contributed by atoms with van der Waals surface area (Å²) < 4.78 is 50.0. The quantitative estimate of drug-likeness (QED) is 0.618. The summed E-state index contributed by atoms with van der Waals surface area (Å²) >= 11 is 5.60. The Balaban J connectivity index is 3.29. The third kappa shape index (κ3) is 4.16. The molecule has 0 saturated heterocycles. The fraction of sp³-hybridized carbons (Fsp3) is 0.455. The van der Waals surface area contributed by atoms with Gasteiger partial charge in [0.15, 0.2) is 5.75 Å². The number of rotatable bonds is 5. The Hall–Kier alpha value is -1.70. The lowest BCUT2D eigenvalue weighted by Crippen LogP contribution is -2.19. The molecule has 0 unspecified atom stereocenters. The second-order valence-electron chi connectivity index (χ2n) is 3.39. The van der Waals surface area contributed by atoms with Crippen molar-refractivity contribution >= 4 is 17.6 Å². The SMILES string of the molecule is CCOC(=O)c1cc(OC(F)(F)F)c(OC)nc1CCl. The molecule has 0 amide bonds. The largest absolute Gasteiger partial charge is 0.573 e. The predicted octanol–water partition coefficient (Wildman–Crippen LogP) is 2.90. The van der Waals surface area contributed by atoms with Crippen LogP contribution in [0.4, 0.5) is 13.2 Å². The predicted molar refractivity (Wildman–Crippen MR) is 63.0 cm³/mol. The zero-order chi connectivity index (χ0) is 15.3. The summed E-state index contributed by atoms with van der Waals surface area (Å²) in [5.74, 6) is -2.20. The molecule has 5 nitrogen and oxygen atoms in total. The number of halogens is 4. The number of hydrogen-bond acceptors (Lipinski definition) is 5. The maximum Gasteiger partial charge on any atom is 0.573 e. The van der Waals surface area contributed by atoms with Crippen LogP contribution in [0.3, 0.4) is 0 Å². The molecule has 1 rings (SSSR count). The average molecular weight is 314 g/mol. The number of carbonyl (C=O) groups excluding carboxylic acids is 1. The van der Waals surface area contributed by atoms with Gasteiger partial charge in [-0.05, 0) is 6.92 Å². The van der Waals surface area contributed by atoms with Gasteiger partial charge in [0.25, 0.3) is 5.88 Å².